The van der Waals surface area contributed by atoms with Crippen LogP contribution in [0, 0.1) is 0 Å². The molecule has 0 amide bonds. The van der Waals surface area contributed by atoms with Gasteiger partial charge in [-0.15, -0.1) is 0 Å². The van der Waals surface area contributed by atoms with Crippen LogP contribution in [0.25, 0.3) is 0 Å². The predicted octanol–water partition coefficient (Wildman–Crippen LogP) is 3.88. The van der Waals surface area contributed by atoms with Gasteiger partial charge in [-0.25, -0.2) is 0 Å². The fourth-order valence-electron chi connectivity index (χ4n) is 1.83. The van der Waals surface area contributed by atoms with Crippen LogP contribution in [0.2, 0.25) is 0 Å². The first-order chi connectivity index (χ1) is 10.4. The second-order valence-corrected chi connectivity index (χ2v) is 4.85. The smallest absolute Gasteiger partial charge is 0.0832 e. The predicted molar refractivity (Wildman–Crippen MR) is 89.1 cm³/mol. The van der Waals surface area contributed by atoms with Gasteiger partial charge in [-0.2, -0.15) is 3.84 Å². The first-order valence-electron chi connectivity index (χ1n) is 6.75. The molecule has 0 aliphatic heterocycles. The van der Waals surface area contributed by atoms with Gasteiger partial charge in [0.2, 0.25) is 0 Å². The van der Waals surface area contributed by atoms with Crippen LogP contribution >= 0.6 is 23.7 Å². The van der Waals surface area contributed by atoms with Crippen molar-refractivity contribution in [3.05, 3.63) is 71.8 Å². The summed E-state index contributed by atoms with van der Waals surface area (Å²) in [5.74, 6) is 0. The molecule has 0 saturated carbocycles. The molecule has 0 heterocycles. The fourth-order valence-corrected chi connectivity index (χ4v) is 1.83. The number of hydrogen-bond donors (Lipinski definition) is 2. The van der Waals surface area contributed by atoms with Crippen molar-refractivity contribution in [3.8, 4) is 0 Å². The quantitative estimate of drug-likeness (QED) is 0.757. The number of hydrogen-bond acceptors (Lipinski definition) is 3. The van der Waals surface area contributed by atoms with Gasteiger partial charge in [0, 0.05) is 26.2 Å². The molecule has 0 atom stereocenters. The monoisotopic (exact) mass is 326 g/mol. The van der Waals surface area contributed by atoms with Crippen molar-refractivity contribution in [3.63, 3.8) is 0 Å². The minimum atomic E-state index is 0.938. The summed E-state index contributed by atoms with van der Waals surface area (Å²) >= 11 is 8.53. The molecule has 0 fully saturated rings. The molecule has 2 rings (SSSR count). The summed E-state index contributed by atoms with van der Waals surface area (Å²) in [5, 5.41) is 6.85. The van der Waals surface area contributed by atoms with Crippen molar-refractivity contribution < 1.29 is 3.84 Å². The first kappa shape index (κ1) is 18.0. The highest BCUT2D eigenvalue weighted by Crippen LogP contribution is 1.97. The van der Waals surface area contributed by atoms with E-state index in [2.05, 4.69) is 86.7 Å². The Labute approximate surface area is 136 Å². The third kappa shape index (κ3) is 9.45. The zero-order valence-corrected chi connectivity index (χ0v) is 13.3. The van der Waals surface area contributed by atoms with Gasteiger partial charge in [0.15, 0.2) is 0 Å². The Kier molecular flexibility index (Phi) is 10.8. The molecular formula is C16H20Cl2N2O. The number of rotatable bonds is 7. The lowest BCUT2D eigenvalue weighted by atomic mass is 10.2. The van der Waals surface area contributed by atoms with Gasteiger partial charge in [0.25, 0.3) is 0 Å². The summed E-state index contributed by atoms with van der Waals surface area (Å²) < 4.78 is 3.19. The maximum absolute atomic E-state index is 4.26. The maximum Gasteiger partial charge on any atom is 0.0832 e. The van der Waals surface area contributed by atoms with E-state index in [4.69, 9.17) is 0 Å². The van der Waals surface area contributed by atoms with E-state index in [0.717, 1.165) is 26.2 Å². The number of benzene rings is 2. The summed E-state index contributed by atoms with van der Waals surface area (Å²) in [7, 11) is 0. The van der Waals surface area contributed by atoms with Crippen LogP contribution in [0.3, 0.4) is 0 Å². The number of nitrogens with one attached hydrogen (secondary N) is 2. The molecule has 0 aromatic heterocycles. The van der Waals surface area contributed by atoms with E-state index in [1.54, 1.807) is 0 Å². The van der Waals surface area contributed by atoms with Gasteiger partial charge in [-0.05, 0) is 11.1 Å². The van der Waals surface area contributed by atoms with Crippen molar-refractivity contribution in [2.45, 2.75) is 13.1 Å². The summed E-state index contributed by atoms with van der Waals surface area (Å²) in [6, 6.07) is 21.0. The van der Waals surface area contributed by atoms with Gasteiger partial charge >= 0.3 is 0 Å². The Morgan fingerprint density at radius 1 is 0.667 bits per heavy atom. The summed E-state index contributed by atoms with van der Waals surface area (Å²) in [5.41, 5.74) is 2.67. The van der Waals surface area contributed by atoms with E-state index in [9.17, 15) is 0 Å². The second-order valence-electron chi connectivity index (χ2n) is 4.38. The Hall–Kier alpha value is -1.10. The van der Waals surface area contributed by atoms with E-state index >= 15 is 0 Å². The second kappa shape index (κ2) is 12.6. The molecule has 0 unspecified atom stereocenters. The lowest BCUT2D eigenvalue weighted by Gasteiger charge is -2.06. The van der Waals surface area contributed by atoms with E-state index in [-0.39, 0.29) is 0 Å². The molecule has 114 valence electrons. The lowest BCUT2D eigenvalue weighted by Crippen LogP contribution is -2.26. The molecule has 0 bridgehead atoms. The van der Waals surface area contributed by atoms with Crippen LogP contribution in [-0.2, 0) is 16.9 Å². The third-order valence-electron chi connectivity index (χ3n) is 2.82. The zero-order chi connectivity index (χ0) is 15.2. The van der Waals surface area contributed by atoms with Gasteiger partial charge in [-0.1, -0.05) is 60.7 Å². The van der Waals surface area contributed by atoms with Crippen LogP contribution in [-0.4, -0.2) is 13.1 Å². The van der Waals surface area contributed by atoms with Crippen LogP contribution in [0.15, 0.2) is 60.7 Å². The van der Waals surface area contributed by atoms with Crippen LogP contribution < -0.4 is 10.6 Å². The van der Waals surface area contributed by atoms with Gasteiger partial charge < -0.3 is 10.6 Å². The van der Waals surface area contributed by atoms with Gasteiger partial charge in [-0.3, -0.25) is 0 Å². The maximum atomic E-state index is 4.26. The first-order valence-corrected chi connectivity index (χ1v) is 7.37. The fraction of sp³-hybridized carbons (Fsp3) is 0.250. The topological polar surface area (TPSA) is 33.3 Å². The standard InChI is InChI=1S/C16H20N2.Cl2O/c1-3-7-15(8-4-1)13-17-11-12-18-14-16-9-5-2-6-10-16;1-3-2/h1-10,17-18H,11-14H2;. The number of halogens is 2. The van der Waals surface area contributed by atoms with E-state index in [0.29, 0.717) is 0 Å². The molecule has 2 N–H and O–H groups in total. The summed E-state index contributed by atoms with van der Waals surface area (Å²) in [6.45, 7) is 3.85. The molecular weight excluding hydrogens is 307 g/mol. The Morgan fingerprint density at radius 3 is 1.33 bits per heavy atom. The third-order valence-corrected chi connectivity index (χ3v) is 2.82. The Bertz CT molecular complexity index is 411. The highest BCUT2D eigenvalue weighted by Gasteiger charge is 1.92. The molecule has 3 nitrogen and oxygen atoms in total. The van der Waals surface area contributed by atoms with Crippen molar-refractivity contribution in [1.29, 1.82) is 0 Å². The Balaban J connectivity index is 0.000000677. The molecule has 5 heteroatoms. The van der Waals surface area contributed by atoms with E-state index in [1.807, 2.05) is 12.1 Å². The van der Waals surface area contributed by atoms with E-state index < -0.39 is 0 Å². The van der Waals surface area contributed by atoms with Crippen LogP contribution in [0.5, 0.6) is 0 Å². The van der Waals surface area contributed by atoms with Crippen LogP contribution in [0.1, 0.15) is 11.1 Å². The molecule has 21 heavy (non-hydrogen) atoms. The zero-order valence-electron chi connectivity index (χ0n) is 11.8. The minimum absolute atomic E-state index is 0.938. The van der Waals surface area contributed by atoms with Crippen molar-refractivity contribution in [1.82, 2.24) is 10.6 Å². The summed E-state index contributed by atoms with van der Waals surface area (Å²) in [4.78, 5) is 0. The molecule has 0 spiro atoms. The largest absolute Gasteiger partial charge is 0.311 e. The molecule has 2 aromatic rings. The Morgan fingerprint density at radius 2 is 1.00 bits per heavy atom. The van der Waals surface area contributed by atoms with Crippen LogP contribution in [0.4, 0.5) is 0 Å². The molecule has 0 aliphatic carbocycles. The molecule has 0 radical (unpaired) electrons. The van der Waals surface area contributed by atoms with Crippen molar-refractivity contribution >= 4 is 23.7 Å². The normalized spacial score (nSPS) is 9.81. The van der Waals surface area contributed by atoms with Crippen molar-refractivity contribution in [2.24, 2.45) is 0 Å². The molecule has 2 aromatic carbocycles. The highest BCUT2D eigenvalue weighted by atomic mass is 35.6. The van der Waals surface area contributed by atoms with E-state index in [1.165, 1.54) is 11.1 Å². The molecule has 0 aliphatic rings. The van der Waals surface area contributed by atoms with Gasteiger partial charge in [0.05, 0.1) is 23.7 Å². The van der Waals surface area contributed by atoms with Crippen molar-refractivity contribution in [2.75, 3.05) is 13.1 Å². The minimum Gasteiger partial charge on any atom is -0.311 e. The average Bonchev–Trinajstić information content (AvgIpc) is 2.53. The summed E-state index contributed by atoms with van der Waals surface area (Å²) in [6.07, 6.45) is 0. The lowest BCUT2D eigenvalue weighted by molar-refractivity contribution is 0.611. The average molecular weight is 327 g/mol. The van der Waals surface area contributed by atoms with Gasteiger partial charge in [0.1, 0.15) is 0 Å². The molecule has 0 saturated heterocycles. The SMILES string of the molecule is ClOCl.c1ccc(CNCCNCc2ccccc2)cc1. The highest BCUT2D eigenvalue weighted by molar-refractivity contribution is 6.24.